The summed E-state index contributed by atoms with van der Waals surface area (Å²) < 4.78 is 5.89. The fourth-order valence-corrected chi connectivity index (χ4v) is 2.89. The van der Waals surface area contributed by atoms with E-state index in [1.807, 2.05) is 7.05 Å². The molecule has 2 rings (SSSR count). The van der Waals surface area contributed by atoms with Crippen molar-refractivity contribution in [3.8, 4) is 5.75 Å². The van der Waals surface area contributed by atoms with Crippen LogP contribution in [0.25, 0.3) is 0 Å². The summed E-state index contributed by atoms with van der Waals surface area (Å²) >= 11 is 3.34. The Balaban J connectivity index is 2.28. The molecule has 1 amide bonds. The number of carboxylic acid groups (broad SMARTS) is 1. The fraction of sp³-hybridized carbons (Fsp3) is 0.467. The molecule has 1 N–H and O–H groups in total. The summed E-state index contributed by atoms with van der Waals surface area (Å²) in [5, 5.41) is 8.92. The SMILES string of the molecule is COc1cc(CC(=O)O)c(Br)cc1C(=O)N1CCN(C)CC1. The number of aliphatic carboxylic acids is 1. The van der Waals surface area contributed by atoms with Crippen LogP contribution in [0.15, 0.2) is 16.6 Å². The van der Waals surface area contributed by atoms with Crippen LogP contribution in [0.4, 0.5) is 0 Å². The predicted octanol–water partition coefficient (Wildman–Crippen LogP) is 1.47. The Bertz CT molecular complexity index is 583. The molecule has 0 unspecified atom stereocenters. The van der Waals surface area contributed by atoms with Gasteiger partial charge < -0.3 is 19.6 Å². The van der Waals surface area contributed by atoms with Gasteiger partial charge in [0, 0.05) is 30.7 Å². The van der Waals surface area contributed by atoms with Crippen LogP contribution in [-0.2, 0) is 11.2 Å². The Labute approximate surface area is 137 Å². The van der Waals surface area contributed by atoms with Gasteiger partial charge in [-0.3, -0.25) is 9.59 Å². The highest BCUT2D eigenvalue weighted by Crippen LogP contribution is 2.29. The van der Waals surface area contributed by atoms with Crippen LogP contribution in [0.1, 0.15) is 15.9 Å². The number of carbonyl (C=O) groups is 2. The number of halogens is 1. The van der Waals surface area contributed by atoms with Gasteiger partial charge in [0.05, 0.1) is 19.1 Å². The highest BCUT2D eigenvalue weighted by Gasteiger charge is 2.24. The van der Waals surface area contributed by atoms with Crippen molar-refractivity contribution in [1.29, 1.82) is 0 Å². The number of piperazine rings is 1. The van der Waals surface area contributed by atoms with Gasteiger partial charge >= 0.3 is 5.97 Å². The van der Waals surface area contributed by atoms with Crippen LogP contribution >= 0.6 is 15.9 Å². The number of hydrogen-bond acceptors (Lipinski definition) is 4. The van der Waals surface area contributed by atoms with E-state index in [0.717, 1.165) is 13.1 Å². The molecule has 7 heteroatoms. The van der Waals surface area contributed by atoms with Crippen LogP contribution in [0.3, 0.4) is 0 Å². The zero-order valence-corrected chi connectivity index (χ0v) is 14.2. The molecule has 1 fully saturated rings. The summed E-state index contributed by atoms with van der Waals surface area (Å²) in [5.41, 5.74) is 1.03. The van der Waals surface area contributed by atoms with Crippen molar-refractivity contribution in [1.82, 2.24) is 9.80 Å². The second-order valence-corrected chi connectivity index (χ2v) is 6.16. The van der Waals surface area contributed by atoms with Gasteiger partial charge in [-0.2, -0.15) is 0 Å². The number of carbonyl (C=O) groups excluding carboxylic acids is 1. The first-order chi connectivity index (χ1) is 10.4. The molecule has 22 heavy (non-hydrogen) atoms. The van der Waals surface area contributed by atoms with Crippen LogP contribution in [0, 0.1) is 0 Å². The van der Waals surface area contributed by atoms with Gasteiger partial charge in [-0.05, 0) is 24.7 Å². The number of amides is 1. The van der Waals surface area contributed by atoms with Crippen molar-refractivity contribution in [3.63, 3.8) is 0 Å². The molecule has 1 aliphatic heterocycles. The molecule has 0 bridgehead atoms. The van der Waals surface area contributed by atoms with Gasteiger partial charge in [0.15, 0.2) is 0 Å². The summed E-state index contributed by atoms with van der Waals surface area (Å²) in [6.45, 7) is 3.03. The van der Waals surface area contributed by atoms with Crippen LogP contribution in [0.5, 0.6) is 5.75 Å². The lowest BCUT2D eigenvalue weighted by Gasteiger charge is -2.32. The minimum Gasteiger partial charge on any atom is -0.496 e. The van der Waals surface area contributed by atoms with Crippen molar-refractivity contribution in [2.24, 2.45) is 0 Å². The molecule has 1 saturated heterocycles. The topological polar surface area (TPSA) is 70.1 Å². The minimum atomic E-state index is -0.930. The highest BCUT2D eigenvalue weighted by atomic mass is 79.9. The Hall–Kier alpha value is -1.60. The first-order valence-corrected chi connectivity index (χ1v) is 7.77. The molecule has 0 spiro atoms. The van der Waals surface area contributed by atoms with E-state index >= 15 is 0 Å². The van der Waals surface area contributed by atoms with Gasteiger partial charge in [0.1, 0.15) is 5.75 Å². The molecule has 1 aliphatic rings. The molecule has 0 atom stereocenters. The zero-order chi connectivity index (χ0) is 16.3. The molecule has 0 saturated carbocycles. The van der Waals surface area contributed by atoms with Crippen LogP contribution in [-0.4, -0.2) is 67.1 Å². The minimum absolute atomic E-state index is 0.0903. The van der Waals surface area contributed by atoms with E-state index in [0.29, 0.717) is 34.4 Å². The lowest BCUT2D eigenvalue weighted by Crippen LogP contribution is -2.47. The second kappa shape index (κ2) is 7.11. The van der Waals surface area contributed by atoms with Crippen molar-refractivity contribution in [3.05, 3.63) is 27.7 Å². The average molecular weight is 371 g/mol. The summed E-state index contributed by atoms with van der Waals surface area (Å²) in [6, 6.07) is 3.26. The maximum Gasteiger partial charge on any atom is 0.307 e. The second-order valence-electron chi connectivity index (χ2n) is 5.31. The fourth-order valence-electron chi connectivity index (χ4n) is 2.41. The summed E-state index contributed by atoms with van der Waals surface area (Å²) in [6.07, 6.45) is -0.125. The third-order valence-electron chi connectivity index (χ3n) is 3.73. The molecule has 1 aromatic carbocycles. The van der Waals surface area contributed by atoms with Crippen molar-refractivity contribution >= 4 is 27.8 Å². The summed E-state index contributed by atoms with van der Waals surface area (Å²) in [7, 11) is 3.51. The monoisotopic (exact) mass is 370 g/mol. The number of methoxy groups -OCH3 is 1. The maximum absolute atomic E-state index is 12.7. The Morgan fingerprint density at radius 3 is 2.45 bits per heavy atom. The average Bonchev–Trinajstić information content (AvgIpc) is 2.48. The van der Waals surface area contributed by atoms with E-state index in [1.54, 1.807) is 17.0 Å². The van der Waals surface area contributed by atoms with Crippen molar-refractivity contribution in [2.45, 2.75) is 6.42 Å². The van der Waals surface area contributed by atoms with Gasteiger partial charge in [-0.25, -0.2) is 0 Å². The molecule has 120 valence electrons. The van der Waals surface area contributed by atoms with E-state index in [2.05, 4.69) is 20.8 Å². The van der Waals surface area contributed by atoms with Gasteiger partial charge in [-0.1, -0.05) is 15.9 Å². The molecular weight excluding hydrogens is 352 g/mol. The quantitative estimate of drug-likeness (QED) is 0.868. The standard InChI is InChI=1S/C15H19BrN2O4/c1-17-3-5-18(6-4-17)15(21)11-9-12(16)10(8-14(19)20)7-13(11)22-2/h7,9H,3-6,8H2,1-2H3,(H,19,20). The predicted molar refractivity (Wildman–Crippen MR) is 85.4 cm³/mol. The third kappa shape index (κ3) is 3.78. The number of hydrogen-bond donors (Lipinski definition) is 1. The summed E-state index contributed by atoms with van der Waals surface area (Å²) in [4.78, 5) is 27.5. The largest absolute Gasteiger partial charge is 0.496 e. The van der Waals surface area contributed by atoms with Crippen LogP contribution < -0.4 is 4.74 Å². The van der Waals surface area contributed by atoms with E-state index in [9.17, 15) is 9.59 Å². The molecular formula is C15H19BrN2O4. The molecule has 1 aromatic rings. The first kappa shape index (κ1) is 16.8. The van der Waals surface area contributed by atoms with Crippen molar-refractivity contribution in [2.75, 3.05) is 40.3 Å². The summed E-state index contributed by atoms with van der Waals surface area (Å²) in [5.74, 6) is -0.614. The van der Waals surface area contributed by atoms with E-state index in [4.69, 9.17) is 9.84 Å². The van der Waals surface area contributed by atoms with Crippen LogP contribution in [0.2, 0.25) is 0 Å². The van der Waals surface area contributed by atoms with Crippen molar-refractivity contribution < 1.29 is 19.4 Å². The lowest BCUT2D eigenvalue weighted by molar-refractivity contribution is -0.136. The van der Waals surface area contributed by atoms with E-state index < -0.39 is 5.97 Å². The molecule has 0 aliphatic carbocycles. The molecule has 1 heterocycles. The number of benzene rings is 1. The Morgan fingerprint density at radius 1 is 1.27 bits per heavy atom. The van der Waals surface area contributed by atoms with Gasteiger partial charge in [0.2, 0.25) is 0 Å². The van der Waals surface area contributed by atoms with Gasteiger partial charge in [0.25, 0.3) is 5.91 Å². The highest BCUT2D eigenvalue weighted by molar-refractivity contribution is 9.10. The smallest absolute Gasteiger partial charge is 0.307 e. The molecule has 0 aromatic heterocycles. The lowest BCUT2D eigenvalue weighted by atomic mass is 10.1. The van der Waals surface area contributed by atoms with E-state index in [-0.39, 0.29) is 12.3 Å². The third-order valence-corrected chi connectivity index (χ3v) is 4.47. The number of rotatable bonds is 4. The number of likely N-dealkylation sites (N-methyl/N-ethyl adjacent to an activating group) is 1. The number of ether oxygens (including phenoxy) is 1. The number of nitrogens with zero attached hydrogens (tertiary/aromatic N) is 2. The Morgan fingerprint density at radius 2 is 1.91 bits per heavy atom. The normalized spacial score (nSPS) is 15.7. The zero-order valence-electron chi connectivity index (χ0n) is 12.6. The molecule has 0 radical (unpaired) electrons. The molecule has 6 nitrogen and oxygen atoms in total. The maximum atomic E-state index is 12.7. The number of carboxylic acids is 1. The first-order valence-electron chi connectivity index (χ1n) is 6.98. The van der Waals surface area contributed by atoms with E-state index in [1.165, 1.54) is 7.11 Å². The Kier molecular flexibility index (Phi) is 5.42. The van der Waals surface area contributed by atoms with Gasteiger partial charge in [-0.15, -0.1) is 0 Å².